The average Bonchev–Trinajstić information content (AvgIpc) is 2.94. The topological polar surface area (TPSA) is 38.7 Å². The highest BCUT2D eigenvalue weighted by atomic mass is 16.7. The fourth-order valence-corrected chi connectivity index (χ4v) is 2.56. The summed E-state index contributed by atoms with van der Waals surface area (Å²) in [4.78, 5) is 0. The number of ether oxygens (including phenoxy) is 2. The molecule has 0 bridgehead atoms. The molecule has 3 heteroatoms. The lowest BCUT2D eigenvalue weighted by Crippen LogP contribution is -2.08. The number of benzene rings is 2. The van der Waals surface area contributed by atoms with Crippen LogP contribution >= 0.6 is 0 Å². The summed E-state index contributed by atoms with van der Waals surface area (Å²) in [6.45, 7) is 2.50. The Hall–Kier alpha value is -2.00. The van der Waals surface area contributed by atoms with Crippen LogP contribution in [0, 0.1) is 6.92 Å². The van der Waals surface area contributed by atoms with Crippen molar-refractivity contribution in [1.82, 2.24) is 0 Å². The van der Waals surface area contributed by atoms with Gasteiger partial charge in [0.25, 0.3) is 0 Å². The standard InChI is InChI=1S/C17H18O3/c1-12-4-2-3-5-13(12)8-15(10-18)14-6-7-16-17(9-14)20-11-19-16/h2-7,9,15,18H,8,10-11H2,1H3. The number of aryl methyl sites for hydroxylation is 1. The summed E-state index contributed by atoms with van der Waals surface area (Å²) in [5.41, 5.74) is 3.61. The van der Waals surface area contributed by atoms with Crippen molar-refractivity contribution in [2.24, 2.45) is 0 Å². The Morgan fingerprint density at radius 3 is 2.70 bits per heavy atom. The van der Waals surface area contributed by atoms with Crippen LogP contribution < -0.4 is 9.47 Å². The van der Waals surface area contributed by atoms with Crippen molar-refractivity contribution in [1.29, 1.82) is 0 Å². The van der Waals surface area contributed by atoms with Gasteiger partial charge in [0.1, 0.15) is 0 Å². The van der Waals surface area contributed by atoms with Gasteiger partial charge in [0.15, 0.2) is 11.5 Å². The van der Waals surface area contributed by atoms with Crippen molar-refractivity contribution in [2.45, 2.75) is 19.3 Å². The zero-order chi connectivity index (χ0) is 13.9. The van der Waals surface area contributed by atoms with Crippen LogP contribution in [-0.4, -0.2) is 18.5 Å². The van der Waals surface area contributed by atoms with Gasteiger partial charge in [-0.3, -0.25) is 0 Å². The normalized spacial score (nSPS) is 14.3. The summed E-state index contributed by atoms with van der Waals surface area (Å²) >= 11 is 0. The third-order valence-corrected chi connectivity index (χ3v) is 3.82. The summed E-state index contributed by atoms with van der Waals surface area (Å²) < 4.78 is 10.7. The Kier molecular flexibility index (Phi) is 3.61. The fourth-order valence-electron chi connectivity index (χ4n) is 2.56. The number of fused-ring (bicyclic) bond motifs is 1. The molecular weight excluding hydrogens is 252 g/mol. The predicted molar refractivity (Wildman–Crippen MR) is 77.3 cm³/mol. The van der Waals surface area contributed by atoms with Crippen molar-refractivity contribution >= 4 is 0 Å². The lowest BCUT2D eigenvalue weighted by molar-refractivity contribution is 0.174. The van der Waals surface area contributed by atoms with Crippen molar-refractivity contribution in [3.05, 3.63) is 59.2 Å². The van der Waals surface area contributed by atoms with Gasteiger partial charge in [-0.1, -0.05) is 30.3 Å². The van der Waals surface area contributed by atoms with E-state index in [9.17, 15) is 5.11 Å². The molecule has 1 heterocycles. The van der Waals surface area contributed by atoms with Gasteiger partial charge in [-0.2, -0.15) is 0 Å². The van der Waals surface area contributed by atoms with Crippen molar-refractivity contribution < 1.29 is 14.6 Å². The molecule has 0 spiro atoms. The monoisotopic (exact) mass is 270 g/mol. The maximum Gasteiger partial charge on any atom is 0.231 e. The molecule has 0 saturated heterocycles. The number of hydrogen-bond acceptors (Lipinski definition) is 3. The SMILES string of the molecule is Cc1ccccc1CC(CO)c1ccc2c(c1)OCO2. The molecule has 0 amide bonds. The van der Waals surface area contributed by atoms with Gasteiger partial charge in [0.2, 0.25) is 6.79 Å². The van der Waals surface area contributed by atoms with E-state index in [1.165, 1.54) is 11.1 Å². The van der Waals surface area contributed by atoms with E-state index >= 15 is 0 Å². The molecule has 2 aromatic carbocycles. The van der Waals surface area contributed by atoms with E-state index < -0.39 is 0 Å². The first kappa shape index (κ1) is 13.0. The van der Waals surface area contributed by atoms with Gasteiger partial charge >= 0.3 is 0 Å². The molecule has 3 rings (SSSR count). The molecule has 104 valence electrons. The lowest BCUT2D eigenvalue weighted by atomic mass is 9.90. The minimum atomic E-state index is 0.0746. The Bertz CT molecular complexity index is 607. The van der Waals surface area contributed by atoms with E-state index in [2.05, 4.69) is 19.1 Å². The third kappa shape index (κ3) is 2.49. The first-order valence-corrected chi connectivity index (χ1v) is 6.83. The van der Waals surface area contributed by atoms with Gasteiger partial charge in [-0.05, 0) is 42.2 Å². The molecule has 1 atom stereocenters. The zero-order valence-electron chi connectivity index (χ0n) is 11.5. The zero-order valence-corrected chi connectivity index (χ0v) is 11.5. The van der Waals surface area contributed by atoms with Gasteiger partial charge in [-0.15, -0.1) is 0 Å². The van der Waals surface area contributed by atoms with Crippen molar-refractivity contribution in [2.75, 3.05) is 13.4 Å². The van der Waals surface area contributed by atoms with E-state index in [0.29, 0.717) is 0 Å². The molecule has 0 aliphatic carbocycles. The van der Waals surface area contributed by atoms with Crippen LogP contribution in [0.2, 0.25) is 0 Å². The van der Waals surface area contributed by atoms with Crippen molar-refractivity contribution in [3.63, 3.8) is 0 Å². The quantitative estimate of drug-likeness (QED) is 0.928. The highest BCUT2D eigenvalue weighted by Crippen LogP contribution is 2.35. The summed E-state index contributed by atoms with van der Waals surface area (Å²) in [6, 6.07) is 14.2. The van der Waals surface area contributed by atoms with E-state index in [-0.39, 0.29) is 19.3 Å². The summed E-state index contributed by atoms with van der Waals surface area (Å²) in [5.74, 6) is 1.62. The van der Waals surface area contributed by atoms with Crippen LogP contribution in [0.5, 0.6) is 11.5 Å². The van der Waals surface area contributed by atoms with Crippen LogP contribution in [0.25, 0.3) is 0 Å². The first-order valence-electron chi connectivity index (χ1n) is 6.83. The second-order valence-electron chi connectivity index (χ2n) is 5.12. The van der Waals surface area contributed by atoms with Crippen LogP contribution in [0.15, 0.2) is 42.5 Å². The molecule has 20 heavy (non-hydrogen) atoms. The highest BCUT2D eigenvalue weighted by Gasteiger charge is 2.18. The van der Waals surface area contributed by atoms with Crippen LogP contribution in [-0.2, 0) is 6.42 Å². The maximum absolute atomic E-state index is 9.71. The second kappa shape index (κ2) is 5.55. The van der Waals surface area contributed by atoms with E-state index in [1.54, 1.807) is 0 Å². The molecule has 0 radical (unpaired) electrons. The Balaban J connectivity index is 1.85. The Morgan fingerprint density at radius 1 is 1.10 bits per heavy atom. The molecule has 0 saturated carbocycles. The predicted octanol–water partition coefficient (Wildman–Crippen LogP) is 3.04. The summed E-state index contributed by atoms with van der Waals surface area (Å²) in [5, 5.41) is 9.71. The maximum atomic E-state index is 9.71. The molecule has 0 aromatic heterocycles. The Labute approximate surface area is 118 Å². The largest absolute Gasteiger partial charge is 0.454 e. The van der Waals surface area contributed by atoms with E-state index in [0.717, 1.165) is 23.5 Å². The number of hydrogen-bond donors (Lipinski definition) is 1. The van der Waals surface area contributed by atoms with Crippen LogP contribution in [0.3, 0.4) is 0 Å². The van der Waals surface area contributed by atoms with E-state index in [1.807, 2.05) is 30.3 Å². The minimum absolute atomic E-state index is 0.0746. The molecule has 2 aromatic rings. The highest BCUT2D eigenvalue weighted by molar-refractivity contribution is 5.46. The van der Waals surface area contributed by atoms with Gasteiger partial charge < -0.3 is 14.6 Å². The van der Waals surface area contributed by atoms with Gasteiger partial charge in [-0.25, -0.2) is 0 Å². The molecule has 1 unspecified atom stereocenters. The lowest BCUT2D eigenvalue weighted by Gasteiger charge is -2.16. The van der Waals surface area contributed by atoms with Crippen LogP contribution in [0.4, 0.5) is 0 Å². The first-order chi connectivity index (χ1) is 9.78. The molecule has 3 nitrogen and oxygen atoms in total. The van der Waals surface area contributed by atoms with Gasteiger partial charge in [0.05, 0.1) is 6.61 Å². The molecule has 1 N–H and O–H groups in total. The molecule has 1 aliphatic rings. The number of aliphatic hydroxyl groups excluding tert-OH is 1. The molecule has 0 fully saturated rings. The van der Waals surface area contributed by atoms with Crippen molar-refractivity contribution in [3.8, 4) is 11.5 Å². The molecule has 1 aliphatic heterocycles. The average molecular weight is 270 g/mol. The smallest absolute Gasteiger partial charge is 0.231 e. The summed E-state index contributed by atoms with van der Waals surface area (Å²) in [7, 11) is 0. The Morgan fingerprint density at radius 2 is 1.90 bits per heavy atom. The number of aliphatic hydroxyl groups is 1. The second-order valence-corrected chi connectivity index (χ2v) is 5.12. The van der Waals surface area contributed by atoms with Gasteiger partial charge in [0, 0.05) is 5.92 Å². The minimum Gasteiger partial charge on any atom is -0.454 e. The summed E-state index contributed by atoms with van der Waals surface area (Å²) in [6.07, 6.45) is 0.822. The third-order valence-electron chi connectivity index (χ3n) is 3.82. The number of rotatable bonds is 4. The molecular formula is C17H18O3. The van der Waals surface area contributed by atoms with E-state index in [4.69, 9.17) is 9.47 Å². The fraction of sp³-hybridized carbons (Fsp3) is 0.294. The van der Waals surface area contributed by atoms with Crippen LogP contribution in [0.1, 0.15) is 22.6 Å².